The van der Waals surface area contributed by atoms with E-state index in [1.165, 1.54) is 7.11 Å². The van der Waals surface area contributed by atoms with E-state index < -0.39 is 7.60 Å². The van der Waals surface area contributed by atoms with Gasteiger partial charge in [-0.25, -0.2) is 9.97 Å². The number of benzene rings is 1. The minimum absolute atomic E-state index is 0.210. The van der Waals surface area contributed by atoms with E-state index in [0.717, 1.165) is 42.7 Å². The first-order chi connectivity index (χ1) is 13.0. The summed E-state index contributed by atoms with van der Waals surface area (Å²) < 4.78 is 27.1. The number of piperidine rings is 1. The normalized spacial score (nSPS) is 17.7. The minimum atomic E-state index is -3.42. The molecule has 27 heavy (non-hydrogen) atoms. The Morgan fingerprint density at radius 1 is 1.15 bits per heavy atom. The number of anilines is 1. The van der Waals surface area contributed by atoms with Crippen molar-refractivity contribution in [3.05, 3.63) is 18.5 Å². The maximum atomic E-state index is 11.7. The van der Waals surface area contributed by atoms with Crippen molar-refractivity contribution in [1.29, 1.82) is 0 Å². The second-order valence-corrected chi connectivity index (χ2v) is 8.77. The molecule has 1 atom stereocenters. The summed E-state index contributed by atoms with van der Waals surface area (Å²) in [4.78, 5) is 20.7. The molecule has 9 heteroatoms. The highest BCUT2D eigenvalue weighted by molar-refractivity contribution is 7.52. The van der Waals surface area contributed by atoms with Gasteiger partial charge in [-0.15, -0.1) is 0 Å². The third-order valence-electron chi connectivity index (χ3n) is 5.14. The Hall–Kier alpha value is -1.89. The van der Waals surface area contributed by atoms with Crippen molar-refractivity contribution in [2.75, 3.05) is 45.5 Å². The van der Waals surface area contributed by atoms with Gasteiger partial charge in [0.15, 0.2) is 11.5 Å². The van der Waals surface area contributed by atoms with Gasteiger partial charge in [0, 0.05) is 31.7 Å². The zero-order valence-electron chi connectivity index (χ0n) is 15.9. The molecule has 1 aliphatic rings. The van der Waals surface area contributed by atoms with Crippen LogP contribution in [0.5, 0.6) is 11.5 Å². The molecule has 0 aliphatic carbocycles. The largest absolute Gasteiger partial charge is 0.493 e. The van der Waals surface area contributed by atoms with Gasteiger partial charge < -0.3 is 23.8 Å². The van der Waals surface area contributed by atoms with Crippen LogP contribution in [-0.4, -0.2) is 55.4 Å². The van der Waals surface area contributed by atoms with Crippen molar-refractivity contribution in [3.63, 3.8) is 0 Å². The zero-order chi connectivity index (χ0) is 19.4. The first-order valence-electron chi connectivity index (χ1n) is 8.96. The van der Waals surface area contributed by atoms with E-state index in [1.54, 1.807) is 20.5 Å². The van der Waals surface area contributed by atoms with Gasteiger partial charge in [-0.3, -0.25) is 4.57 Å². The monoisotopic (exact) mass is 395 g/mol. The van der Waals surface area contributed by atoms with Gasteiger partial charge in [-0.05, 0) is 31.2 Å². The number of hydrogen-bond donors (Lipinski definition) is 1. The number of rotatable bonds is 7. The van der Waals surface area contributed by atoms with E-state index in [4.69, 9.17) is 9.47 Å². The summed E-state index contributed by atoms with van der Waals surface area (Å²) in [6.45, 7) is 1.68. The van der Waals surface area contributed by atoms with Crippen LogP contribution in [0.3, 0.4) is 0 Å². The van der Waals surface area contributed by atoms with Gasteiger partial charge in [0.25, 0.3) is 0 Å². The molecule has 1 saturated heterocycles. The summed E-state index contributed by atoms with van der Waals surface area (Å²) in [5.74, 6) is 2.58. The summed E-state index contributed by atoms with van der Waals surface area (Å²) in [6.07, 6.45) is 4.37. The summed E-state index contributed by atoms with van der Waals surface area (Å²) >= 11 is 0. The predicted octanol–water partition coefficient (Wildman–Crippen LogP) is 3.09. The van der Waals surface area contributed by atoms with Crippen molar-refractivity contribution < 1.29 is 23.5 Å². The molecule has 0 spiro atoms. The Morgan fingerprint density at radius 2 is 1.81 bits per heavy atom. The van der Waals surface area contributed by atoms with Crippen molar-refractivity contribution in [3.8, 4) is 11.5 Å². The quantitative estimate of drug-likeness (QED) is 0.715. The average molecular weight is 395 g/mol. The lowest BCUT2D eigenvalue weighted by atomic mass is 9.94. The maximum Gasteiger partial charge on any atom is 0.327 e. The molecule has 3 rings (SSSR count). The van der Waals surface area contributed by atoms with Crippen LogP contribution in [0.1, 0.15) is 19.3 Å². The van der Waals surface area contributed by atoms with Gasteiger partial charge in [0.1, 0.15) is 12.1 Å². The van der Waals surface area contributed by atoms with Gasteiger partial charge in [-0.1, -0.05) is 0 Å². The van der Waals surface area contributed by atoms with Crippen LogP contribution >= 0.6 is 7.60 Å². The Labute approximate surface area is 159 Å². The molecule has 0 saturated carbocycles. The van der Waals surface area contributed by atoms with Crippen LogP contribution in [0.4, 0.5) is 5.82 Å². The molecule has 0 amide bonds. The Morgan fingerprint density at radius 3 is 2.44 bits per heavy atom. The van der Waals surface area contributed by atoms with Crippen molar-refractivity contribution in [1.82, 2.24) is 9.97 Å². The predicted molar refractivity (Wildman–Crippen MR) is 104 cm³/mol. The number of aromatic nitrogens is 2. The summed E-state index contributed by atoms with van der Waals surface area (Å²) in [7, 11) is 1.07. The summed E-state index contributed by atoms with van der Waals surface area (Å²) in [6, 6.07) is 3.77. The topological polar surface area (TPSA) is 94.0 Å². The average Bonchev–Trinajstić information content (AvgIpc) is 2.71. The summed E-state index contributed by atoms with van der Waals surface area (Å²) in [5.41, 5.74) is 0.807. The summed E-state index contributed by atoms with van der Waals surface area (Å²) in [5, 5.41) is 0.924. The van der Waals surface area contributed by atoms with Gasteiger partial charge in [0.05, 0.1) is 25.9 Å². The third-order valence-corrected chi connectivity index (χ3v) is 6.53. The van der Waals surface area contributed by atoms with Crippen molar-refractivity contribution in [2.45, 2.75) is 19.3 Å². The lowest BCUT2D eigenvalue weighted by Gasteiger charge is -2.33. The fourth-order valence-electron chi connectivity index (χ4n) is 3.49. The molecule has 2 aromatic rings. The first kappa shape index (κ1) is 19.9. The van der Waals surface area contributed by atoms with E-state index in [2.05, 4.69) is 19.4 Å². The minimum Gasteiger partial charge on any atom is -0.493 e. The molecule has 1 N–H and O–H groups in total. The molecule has 1 aliphatic heterocycles. The van der Waals surface area contributed by atoms with E-state index in [-0.39, 0.29) is 6.16 Å². The molecule has 0 radical (unpaired) electrons. The van der Waals surface area contributed by atoms with Gasteiger partial charge in [-0.2, -0.15) is 0 Å². The van der Waals surface area contributed by atoms with E-state index in [1.807, 2.05) is 12.1 Å². The fourth-order valence-corrected chi connectivity index (χ4v) is 4.37. The van der Waals surface area contributed by atoms with Crippen LogP contribution < -0.4 is 14.4 Å². The third kappa shape index (κ3) is 4.51. The highest BCUT2D eigenvalue weighted by atomic mass is 31.2. The zero-order valence-corrected chi connectivity index (χ0v) is 16.8. The molecule has 2 heterocycles. The Balaban J connectivity index is 1.74. The molecular weight excluding hydrogens is 369 g/mol. The van der Waals surface area contributed by atoms with E-state index in [9.17, 15) is 9.46 Å². The number of nitrogens with zero attached hydrogens (tertiary/aromatic N) is 3. The first-order valence-corrected chi connectivity index (χ1v) is 10.7. The van der Waals surface area contributed by atoms with Crippen molar-refractivity contribution >= 4 is 24.3 Å². The van der Waals surface area contributed by atoms with Gasteiger partial charge in [0.2, 0.25) is 0 Å². The Kier molecular flexibility index (Phi) is 6.19. The molecule has 8 nitrogen and oxygen atoms in total. The number of hydrogen-bond acceptors (Lipinski definition) is 7. The standard InChI is InChI=1S/C18H26N3O5P/c1-24-16-10-14-15(11-17(16)25-2)19-12-20-18(14)21-7-4-13(5-8-21)6-9-27(22,23)26-3/h10-13H,4-9H2,1-3H3,(H,22,23). The van der Waals surface area contributed by atoms with Crippen molar-refractivity contribution in [2.24, 2.45) is 5.92 Å². The number of methoxy groups -OCH3 is 2. The smallest absolute Gasteiger partial charge is 0.327 e. The van der Waals surface area contributed by atoms with Crippen LogP contribution in [0.25, 0.3) is 10.9 Å². The molecule has 1 aromatic carbocycles. The highest BCUT2D eigenvalue weighted by Crippen LogP contribution is 2.43. The van der Waals surface area contributed by atoms with Crippen LogP contribution in [0.2, 0.25) is 0 Å². The molecule has 0 bridgehead atoms. The van der Waals surface area contributed by atoms with Crippen LogP contribution in [0.15, 0.2) is 18.5 Å². The fraction of sp³-hybridized carbons (Fsp3) is 0.556. The maximum absolute atomic E-state index is 11.7. The SMILES string of the molecule is COc1cc2ncnc(N3CCC(CCP(=O)(O)OC)CC3)c2cc1OC. The number of fused-ring (bicyclic) bond motifs is 1. The van der Waals surface area contributed by atoms with Gasteiger partial charge >= 0.3 is 7.60 Å². The second-order valence-electron chi connectivity index (χ2n) is 6.68. The van der Waals surface area contributed by atoms with Crippen LogP contribution in [0, 0.1) is 5.92 Å². The molecule has 1 unspecified atom stereocenters. The van der Waals surface area contributed by atoms with E-state index >= 15 is 0 Å². The number of ether oxygens (including phenoxy) is 2. The lowest BCUT2D eigenvalue weighted by molar-refractivity contribution is 0.306. The van der Waals surface area contributed by atoms with E-state index in [0.29, 0.717) is 23.8 Å². The lowest BCUT2D eigenvalue weighted by Crippen LogP contribution is -2.34. The Bertz CT molecular complexity index is 839. The second kappa shape index (κ2) is 8.42. The molecule has 1 fully saturated rings. The van der Waals surface area contributed by atoms with Crippen LogP contribution in [-0.2, 0) is 9.09 Å². The molecule has 148 valence electrons. The highest BCUT2D eigenvalue weighted by Gasteiger charge is 2.25. The molecule has 1 aromatic heterocycles. The molecular formula is C18H26N3O5P.